The van der Waals surface area contributed by atoms with Gasteiger partial charge in [0.05, 0.1) is 50.0 Å². The highest BCUT2D eigenvalue weighted by molar-refractivity contribution is 5.83. The topological polar surface area (TPSA) is 166 Å². The van der Waals surface area contributed by atoms with Crippen molar-refractivity contribution >= 4 is 18.5 Å². The zero-order valence-electron chi connectivity index (χ0n) is 24.3. The van der Waals surface area contributed by atoms with Crippen LogP contribution in [0.3, 0.4) is 0 Å². The summed E-state index contributed by atoms with van der Waals surface area (Å²) >= 11 is 0. The van der Waals surface area contributed by atoms with Gasteiger partial charge >= 0.3 is 0 Å². The Morgan fingerprint density at radius 3 is 2.59 bits per heavy atom. The average molecular weight is 563 g/mol. The van der Waals surface area contributed by atoms with Gasteiger partial charge in [-0.25, -0.2) is 9.97 Å². The Bertz CT molecular complexity index is 1220. The number of nitrogens with zero attached hydrogens (tertiary/aromatic N) is 5. The standard InChI is InChI=1S/C30H42N8O3/c1-21(2)39-12-7-13-40-29(33)27(19-35-26-8-5-4-6-9-26)38-30-36-17-25(18-37-30)23-10-11-24(15-31)28(14-23)41-22(3)16-34-20-32/h10-11,14,17-22,26H,4-9,12-13,16,33H2,1-3H3,(H2,32,34)(H,36,37,38)/b29-27-,35-19?/t22-/m0/s1. The van der Waals surface area contributed by atoms with Gasteiger partial charge in [-0.05, 0) is 51.3 Å². The SMILES string of the molecule is CC(C)OCCCO/C(N)=C(/C=NC1CCCCC1)Nc1ncc(-c2ccc(C#N)c(O[C@@H](C)CN=CN)c2)cn1. The van der Waals surface area contributed by atoms with E-state index in [4.69, 9.17) is 30.7 Å². The molecule has 1 heterocycles. The van der Waals surface area contributed by atoms with Crippen molar-refractivity contribution < 1.29 is 14.2 Å². The Kier molecular flexibility index (Phi) is 12.9. The number of benzene rings is 1. The van der Waals surface area contributed by atoms with Crippen molar-refractivity contribution in [2.24, 2.45) is 21.5 Å². The second-order valence-electron chi connectivity index (χ2n) is 10.2. The number of ether oxygens (including phenoxy) is 3. The van der Waals surface area contributed by atoms with Crippen molar-refractivity contribution in [3.05, 3.63) is 47.7 Å². The first kappa shape index (κ1) is 31.4. The molecule has 41 heavy (non-hydrogen) atoms. The van der Waals surface area contributed by atoms with Crippen molar-refractivity contribution in [2.45, 2.75) is 77.5 Å². The van der Waals surface area contributed by atoms with Crippen LogP contribution in [0.15, 0.2) is 52.2 Å². The van der Waals surface area contributed by atoms with Crippen molar-refractivity contribution in [3.63, 3.8) is 0 Å². The van der Waals surface area contributed by atoms with E-state index in [0.29, 0.717) is 49.1 Å². The lowest BCUT2D eigenvalue weighted by Gasteiger charge is -2.18. The molecule has 1 aromatic heterocycles. The zero-order chi connectivity index (χ0) is 29.5. The van der Waals surface area contributed by atoms with Crippen molar-refractivity contribution in [3.8, 4) is 22.9 Å². The van der Waals surface area contributed by atoms with Gasteiger partial charge in [0.25, 0.3) is 0 Å². The smallest absolute Gasteiger partial charge is 0.227 e. The molecule has 220 valence electrons. The van der Waals surface area contributed by atoms with Gasteiger partial charge in [0.1, 0.15) is 23.6 Å². The highest BCUT2D eigenvalue weighted by Gasteiger charge is 2.14. The number of allylic oxidation sites excluding steroid dienone is 1. The minimum atomic E-state index is -0.254. The summed E-state index contributed by atoms with van der Waals surface area (Å²) in [6.45, 7) is 7.26. The molecule has 0 amide bonds. The summed E-state index contributed by atoms with van der Waals surface area (Å²) in [5.41, 5.74) is 14.1. The van der Waals surface area contributed by atoms with Crippen LogP contribution in [0.5, 0.6) is 5.75 Å². The van der Waals surface area contributed by atoms with E-state index in [1.807, 2.05) is 26.8 Å². The Hall–Kier alpha value is -4.17. The number of nitriles is 1. The fourth-order valence-corrected chi connectivity index (χ4v) is 4.22. The number of anilines is 1. The molecule has 1 aliphatic carbocycles. The molecule has 0 saturated heterocycles. The van der Waals surface area contributed by atoms with Gasteiger partial charge in [-0.15, -0.1) is 0 Å². The maximum absolute atomic E-state index is 9.51. The summed E-state index contributed by atoms with van der Waals surface area (Å²) in [6.07, 6.45) is 12.7. The first-order valence-electron chi connectivity index (χ1n) is 14.2. The van der Waals surface area contributed by atoms with Gasteiger partial charge in [0.15, 0.2) is 0 Å². The van der Waals surface area contributed by atoms with Crippen LogP contribution in [0, 0.1) is 11.3 Å². The minimum Gasteiger partial charge on any atom is -0.487 e. The Morgan fingerprint density at radius 1 is 1.15 bits per heavy atom. The van der Waals surface area contributed by atoms with E-state index in [1.54, 1.807) is 30.7 Å². The first-order valence-corrected chi connectivity index (χ1v) is 14.2. The molecule has 1 atom stereocenters. The van der Waals surface area contributed by atoms with Crippen LogP contribution < -0.4 is 21.5 Å². The number of aliphatic imine (C=N–C) groups is 2. The molecule has 1 aromatic carbocycles. The minimum absolute atomic E-state index is 0.172. The third kappa shape index (κ3) is 10.7. The monoisotopic (exact) mass is 562 g/mol. The lowest BCUT2D eigenvalue weighted by atomic mass is 9.96. The maximum atomic E-state index is 9.51. The van der Waals surface area contributed by atoms with Gasteiger partial charge in [-0.1, -0.05) is 25.3 Å². The molecular weight excluding hydrogens is 520 g/mol. The molecule has 11 nitrogen and oxygen atoms in total. The highest BCUT2D eigenvalue weighted by Crippen LogP contribution is 2.28. The molecule has 1 aliphatic rings. The normalized spacial score (nSPS) is 15.6. The lowest BCUT2D eigenvalue weighted by molar-refractivity contribution is 0.0624. The first-order chi connectivity index (χ1) is 19.9. The van der Waals surface area contributed by atoms with E-state index >= 15 is 0 Å². The molecule has 0 spiro atoms. The van der Waals surface area contributed by atoms with E-state index in [-0.39, 0.29) is 24.1 Å². The van der Waals surface area contributed by atoms with E-state index in [1.165, 1.54) is 25.6 Å². The third-order valence-corrected chi connectivity index (χ3v) is 6.38. The molecular formula is C30H42N8O3. The second-order valence-corrected chi connectivity index (χ2v) is 10.2. The maximum Gasteiger partial charge on any atom is 0.227 e. The summed E-state index contributed by atoms with van der Waals surface area (Å²) in [5, 5.41) is 12.7. The van der Waals surface area contributed by atoms with E-state index in [0.717, 1.165) is 24.0 Å². The number of rotatable bonds is 15. The molecule has 0 bridgehead atoms. The summed E-state index contributed by atoms with van der Waals surface area (Å²) in [7, 11) is 0. The zero-order valence-corrected chi connectivity index (χ0v) is 24.3. The van der Waals surface area contributed by atoms with Crippen molar-refractivity contribution in [2.75, 3.05) is 25.1 Å². The van der Waals surface area contributed by atoms with Gasteiger partial charge in [0, 0.05) is 24.4 Å². The van der Waals surface area contributed by atoms with Crippen LogP contribution in [0.2, 0.25) is 0 Å². The van der Waals surface area contributed by atoms with Gasteiger partial charge < -0.3 is 31.0 Å². The molecule has 3 rings (SSSR count). The van der Waals surface area contributed by atoms with Crippen molar-refractivity contribution in [1.82, 2.24) is 9.97 Å². The summed E-state index contributed by atoms with van der Waals surface area (Å²) in [6, 6.07) is 7.77. The van der Waals surface area contributed by atoms with E-state index < -0.39 is 0 Å². The van der Waals surface area contributed by atoms with Crippen LogP contribution in [0.1, 0.15) is 64.9 Å². The number of nitrogens with one attached hydrogen (secondary N) is 1. The fourth-order valence-electron chi connectivity index (χ4n) is 4.22. The molecule has 11 heteroatoms. The highest BCUT2D eigenvalue weighted by atomic mass is 16.5. The predicted molar refractivity (Wildman–Crippen MR) is 162 cm³/mol. The van der Waals surface area contributed by atoms with Crippen LogP contribution in [0.4, 0.5) is 5.95 Å². The number of aromatic nitrogens is 2. The molecule has 5 N–H and O–H groups in total. The number of nitrogens with two attached hydrogens (primary N) is 2. The molecule has 0 radical (unpaired) electrons. The van der Waals surface area contributed by atoms with Crippen LogP contribution >= 0.6 is 0 Å². The molecule has 1 fully saturated rings. The fraction of sp³-hybridized carbons (Fsp3) is 0.500. The number of hydrogen-bond donors (Lipinski definition) is 3. The average Bonchev–Trinajstić information content (AvgIpc) is 2.98. The Morgan fingerprint density at radius 2 is 1.90 bits per heavy atom. The Balaban J connectivity index is 1.74. The molecule has 0 aliphatic heterocycles. The molecule has 1 saturated carbocycles. The molecule has 0 unspecified atom stereocenters. The van der Waals surface area contributed by atoms with Gasteiger partial charge in [-0.2, -0.15) is 5.26 Å². The van der Waals surface area contributed by atoms with Crippen molar-refractivity contribution in [1.29, 1.82) is 5.26 Å². The van der Waals surface area contributed by atoms with Crippen LogP contribution in [0.25, 0.3) is 11.1 Å². The second kappa shape index (κ2) is 16.8. The summed E-state index contributed by atoms with van der Waals surface area (Å²) in [4.78, 5) is 17.7. The largest absolute Gasteiger partial charge is 0.487 e. The van der Waals surface area contributed by atoms with E-state index in [9.17, 15) is 5.26 Å². The Labute approximate surface area is 242 Å². The molecule has 2 aromatic rings. The number of hydrogen-bond acceptors (Lipinski definition) is 10. The predicted octanol–water partition coefficient (Wildman–Crippen LogP) is 4.54. The van der Waals surface area contributed by atoms with E-state index in [2.05, 4.69) is 26.3 Å². The third-order valence-electron chi connectivity index (χ3n) is 6.38. The van der Waals surface area contributed by atoms with Crippen LogP contribution in [-0.4, -0.2) is 60.5 Å². The van der Waals surface area contributed by atoms with Crippen LogP contribution in [-0.2, 0) is 9.47 Å². The summed E-state index contributed by atoms with van der Waals surface area (Å²) < 4.78 is 17.3. The van der Waals surface area contributed by atoms with Gasteiger partial charge in [-0.3, -0.25) is 9.98 Å². The van der Waals surface area contributed by atoms with Gasteiger partial charge in [0.2, 0.25) is 11.8 Å². The lowest BCUT2D eigenvalue weighted by Crippen LogP contribution is -2.18. The quantitative estimate of drug-likeness (QED) is 0.122. The summed E-state index contributed by atoms with van der Waals surface area (Å²) in [5.74, 6) is 1.04.